The van der Waals surface area contributed by atoms with Crippen molar-refractivity contribution >= 4 is 71.0 Å². The predicted molar refractivity (Wildman–Crippen MR) is 84.8 cm³/mol. The van der Waals surface area contributed by atoms with Crippen LogP contribution in [0.3, 0.4) is 0 Å². The Labute approximate surface area is 134 Å². The normalized spacial score (nSPS) is 15.7. The molecule has 0 aliphatic carbocycles. The summed E-state index contributed by atoms with van der Waals surface area (Å²) in [4.78, 5) is 12.0. The molecule has 1 N–H and O–H groups in total. The number of fused-ring (bicyclic) bond motifs is 1. The third kappa shape index (κ3) is 2.44. The van der Waals surface area contributed by atoms with E-state index in [1.807, 2.05) is 12.1 Å². The minimum atomic E-state index is -0.138. The highest BCUT2D eigenvalue weighted by molar-refractivity contribution is 9.11. The number of amides is 1. The quantitative estimate of drug-likeness (QED) is 0.621. The van der Waals surface area contributed by atoms with Gasteiger partial charge < -0.3 is 9.73 Å². The summed E-state index contributed by atoms with van der Waals surface area (Å²) >= 11 is 10.1. The first-order chi connectivity index (χ1) is 9.04. The van der Waals surface area contributed by atoms with Gasteiger partial charge in [0.15, 0.2) is 4.67 Å². The highest BCUT2D eigenvalue weighted by Gasteiger charge is 2.26. The molecule has 0 fully saturated rings. The molecular formula is C13H6Br3NO2. The molecule has 1 aliphatic heterocycles. The van der Waals surface area contributed by atoms with Crippen LogP contribution in [0.1, 0.15) is 11.3 Å². The molecule has 0 radical (unpaired) electrons. The van der Waals surface area contributed by atoms with Crippen molar-refractivity contribution in [3.8, 4) is 0 Å². The Morgan fingerprint density at radius 2 is 1.95 bits per heavy atom. The summed E-state index contributed by atoms with van der Waals surface area (Å²) in [6.45, 7) is 0. The van der Waals surface area contributed by atoms with Crippen LogP contribution >= 0.6 is 47.8 Å². The Morgan fingerprint density at radius 1 is 1.16 bits per heavy atom. The minimum absolute atomic E-state index is 0.138. The molecule has 1 aromatic heterocycles. The monoisotopic (exact) mass is 445 g/mol. The second-order valence-corrected chi connectivity index (χ2v) is 6.52. The molecular weight excluding hydrogens is 442 g/mol. The lowest BCUT2D eigenvalue weighted by Gasteiger charge is -2.02. The molecule has 3 rings (SSSR count). The number of hydrogen-bond acceptors (Lipinski definition) is 2. The Bertz CT molecular complexity index is 719. The Hall–Kier alpha value is -0.850. The lowest BCUT2D eigenvalue weighted by atomic mass is 10.1. The van der Waals surface area contributed by atoms with Gasteiger partial charge >= 0.3 is 0 Å². The van der Waals surface area contributed by atoms with E-state index in [-0.39, 0.29) is 5.91 Å². The van der Waals surface area contributed by atoms with Crippen LogP contribution in [0.2, 0.25) is 0 Å². The third-order valence-corrected chi connectivity index (χ3v) is 4.22. The number of nitrogens with one attached hydrogen (secondary N) is 1. The number of anilines is 1. The average molecular weight is 448 g/mol. The zero-order chi connectivity index (χ0) is 13.6. The number of furan rings is 1. The van der Waals surface area contributed by atoms with Gasteiger partial charge in [0.05, 0.1) is 11.3 Å². The zero-order valence-corrected chi connectivity index (χ0v) is 14.1. The summed E-state index contributed by atoms with van der Waals surface area (Å²) in [6.07, 6.45) is 1.73. The zero-order valence-electron chi connectivity index (χ0n) is 9.34. The van der Waals surface area contributed by atoms with Gasteiger partial charge in [-0.05, 0) is 62.2 Å². The minimum Gasteiger partial charge on any atom is -0.450 e. The summed E-state index contributed by atoms with van der Waals surface area (Å²) < 4.78 is 7.78. The van der Waals surface area contributed by atoms with E-state index in [2.05, 4.69) is 53.1 Å². The number of benzene rings is 1. The molecule has 1 amide bonds. The first kappa shape index (κ1) is 13.1. The number of carbonyl (C=O) groups is 1. The van der Waals surface area contributed by atoms with E-state index in [0.717, 1.165) is 20.2 Å². The van der Waals surface area contributed by atoms with Gasteiger partial charge in [0.25, 0.3) is 5.91 Å². The molecule has 2 aromatic rings. The summed E-state index contributed by atoms with van der Waals surface area (Å²) in [7, 11) is 0. The molecule has 3 nitrogen and oxygen atoms in total. The first-order valence-corrected chi connectivity index (χ1v) is 7.70. The van der Waals surface area contributed by atoms with Crippen LogP contribution in [-0.2, 0) is 4.79 Å². The van der Waals surface area contributed by atoms with Crippen LogP contribution in [0.4, 0.5) is 5.69 Å². The van der Waals surface area contributed by atoms with Gasteiger partial charge in [-0.15, -0.1) is 0 Å². The molecule has 0 atom stereocenters. The predicted octanol–water partition coefficient (Wildman–Crippen LogP) is 5.06. The van der Waals surface area contributed by atoms with E-state index >= 15 is 0 Å². The van der Waals surface area contributed by atoms with Crippen LogP contribution < -0.4 is 5.32 Å². The van der Waals surface area contributed by atoms with Crippen LogP contribution in [0, 0.1) is 0 Å². The fourth-order valence-electron chi connectivity index (χ4n) is 1.91. The number of rotatable bonds is 1. The van der Waals surface area contributed by atoms with E-state index in [0.29, 0.717) is 16.0 Å². The molecule has 0 saturated heterocycles. The smallest absolute Gasteiger partial charge is 0.256 e. The van der Waals surface area contributed by atoms with Gasteiger partial charge in [-0.1, -0.05) is 15.9 Å². The van der Waals surface area contributed by atoms with Gasteiger partial charge in [-0.3, -0.25) is 4.79 Å². The average Bonchev–Trinajstić information content (AvgIpc) is 2.87. The Kier molecular flexibility index (Phi) is 3.41. The summed E-state index contributed by atoms with van der Waals surface area (Å²) in [5.74, 6) is 0.488. The topological polar surface area (TPSA) is 42.2 Å². The number of hydrogen-bond donors (Lipinski definition) is 1. The van der Waals surface area contributed by atoms with E-state index in [4.69, 9.17) is 4.42 Å². The van der Waals surface area contributed by atoms with Gasteiger partial charge in [0.1, 0.15) is 5.76 Å². The maximum atomic E-state index is 12.0. The van der Waals surface area contributed by atoms with Crippen molar-refractivity contribution in [1.82, 2.24) is 0 Å². The van der Waals surface area contributed by atoms with Crippen molar-refractivity contribution in [2.45, 2.75) is 0 Å². The molecule has 0 spiro atoms. The third-order valence-electron chi connectivity index (χ3n) is 2.71. The van der Waals surface area contributed by atoms with Gasteiger partial charge in [-0.2, -0.15) is 0 Å². The van der Waals surface area contributed by atoms with Gasteiger partial charge in [-0.25, -0.2) is 0 Å². The number of carbonyl (C=O) groups excluding carboxylic acids is 1. The molecule has 0 bridgehead atoms. The van der Waals surface area contributed by atoms with Crippen molar-refractivity contribution in [2.75, 3.05) is 5.32 Å². The highest BCUT2D eigenvalue weighted by Crippen LogP contribution is 2.40. The van der Waals surface area contributed by atoms with Crippen LogP contribution in [-0.4, -0.2) is 5.91 Å². The lowest BCUT2D eigenvalue weighted by Crippen LogP contribution is -2.03. The molecule has 6 heteroatoms. The molecule has 2 heterocycles. The van der Waals surface area contributed by atoms with Crippen LogP contribution in [0.15, 0.2) is 42.3 Å². The van der Waals surface area contributed by atoms with Crippen molar-refractivity contribution in [3.05, 3.63) is 49.2 Å². The van der Waals surface area contributed by atoms with E-state index in [1.54, 1.807) is 18.2 Å². The molecule has 1 aliphatic rings. The first-order valence-electron chi connectivity index (χ1n) is 5.32. The number of halogens is 3. The highest BCUT2D eigenvalue weighted by atomic mass is 79.9. The fraction of sp³-hybridized carbons (Fsp3) is 0. The van der Waals surface area contributed by atoms with Crippen molar-refractivity contribution in [2.24, 2.45) is 0 Å². The summed E-state index contributed by atoms with van der Waals surface area (Å²) in [5, 5.41) is 2.84. The second-order valence-electron chi connectivity index (χ2n) is 3.96. The van der Waals surface area contributed by atoms with Crippen molar-refractivity contribution in [3.63, 3.8) is 0 Å². The maximum absolute atomic E-state index is 12.0. The second kappa shape index (κ2) is 4.92. The summed E-state index contributed by atoms with van der Waals surface area (Å²) in [6, 6.07) is 7.39. The van der Waals surface area contributed by atoms with Crippen LogP contribution in [0.5, 0.6) is 0 Å². The molecule has 19 heavy (non-hydrogen) atoms. The molecule has 96 valence electrons. The van der Waals surface area contributed by atoms with Crippen molar-refractivity contribution < 1.29 is 9.21 Å². The Balaban J connectivity index is 2.15. The SMILES string of the molecule is O=C1Nc2c(Br)cc(Br)cc2C1=Cc1ccc(Br)o1. The fourth-order valence-corrected chi connectivity index (χ4v) is 3.55. The maximum Gasteiger partial charge on any atom is 0.256 e. The molecule has 0 saturated carbocycles. The molecule has 1 aromatic carbocycles. The van der Waals surface area contributed by atoms with Gasteiger partial charge in [0, 0.05) is 14.5 Å². The van der Waals surface area contributed by atoms with Crippen molar-refractivity contribution in [1.29, 1.82) is 0 Å². The lowest BCUT2D eigenvalue weighted by molar-refractivity contribution is -0.110. The van der Waals surface area contributed by atoms with E-state index in [9.17, 15) is 4.79 Å². The Morgan fingerprint density at radius 3 is 2.63 bits per heavy atom. The standard InChI is InChI=1S/C13H6Br3NO2/c14-6-3-8-9(5-7-1-2-11(16)19-7)13(18)17-12(8)10(15)4-6/h1-5H,(H,17,18). The van der Waals surface area contributed by atoms with E-state index in [1.165, 1.54) is 0 Å². The molecule has 0 unspecified atom stereocenters. The summed E-state index contributed by atoms with van der Waals surface area (Å²) in [5.41, 5.74) is 2.21. The van der Waals surface area contributed by atoms with Gasteiger partial charge in [0.2, 0.25) is 0 Å². The van der Waals surface area contributed by atoms with E-state index < -0.39 is 0 Å². The van der Waals surface area contributed by atoms with Crippen LogP contribution in [0.25, 0.3) is 11.6 Å². The largest absolute Gasteiger partial charge is 0.450 e.